The van der Waals surface area contributed by atoms with Gasteiger partial charge in [0.2, 0.25) is 5.88 Å². The Kier molecular flexibility index (Phi) is 9.01. The van der Waals surface area contributed by atoms with Crippen LogP contribution in [0.25, 0.3) is 0 Å². The summed E-state index contributed by atoms with van der Waals surface area (Å²) >= 11 is 0. The maximum atomic E-state index is 13.3. The van der Waals surface area contributed by atoms with Gasteiger partial charge >= 0.3 is 0 Å². The molecule has 1 aliphatic heterocycles. The lowest BCUT2D eigenvalue weighted by Gasteiger charge is -2.34. The molecule has 176 valence electrons. The lowest BCUT2D eigenvalue weighted by Crippen LogP contribution is -2.48. The number of aryl methyl sites for hydroxylation is 1. The topological polar surface area (TPSA) is 76.8 Å². The fraction of sp³-hybridized carbons (Fsp3) is 0.348. The average Bonchev–Trinajstić information content (AvgIpc) is 3.24. The van der Waals surface area contributed by atoms with Crippen molar-refractivity contribution in [3.8, 4) is 11.6 Å². The van der Waals surface area contributed by atoms with Crippen LogP contribution in [0.4, 0.5) is 4.39 Å². The quantitative estimate of drug-likeness (QED) is 0.277. The summed E-state index contributed by atoms with van der Waals surface area (Å²) in [6.45, 7) is 5.39. The third-order valence-corrected chi connectivity index (χ3v) is 5.03. The standard InChI is InChI=1S/C23H27FN6O2.HI/c1-3-25-23(30-9-10-31-21(16-30)18-14-28-29(2)15-18)27-13-17-7-8-22(26-12-17)32-20-6-4-5-19(24)11-20;/h4-8,11-12,14-15,21H,3,9-10,13,16H2,1-2H3,(H,25,27);1H. The molecule has 0 radical (unpaired) electrons. The monoisotopic (exact) mass is 566 g/mol. The Hall–Kier alpha value is -2.73. The summed E-state index contributed by atoms with van der Waals surface area (Å²) in [6, 6.07) is 9.65. The molecule has 1 aliphatic rings. The second-order valence-electron chi connectivity index (χ2n) is 7.49. The van der Waals surface area contributed by atoms with E-state index in [1.54, 1.807) is 29.1 Å². The van der Waals surface area contributed by atoms with Crippen molar-refractivity contribution in [3.63, 3.8) is 0 Å². The molecule has 0 amide bonds. The summed E-state index contributed by atoms with van der Waals surface area (Å²) in [5.41, 5.74) is 2.01. The Labute approximate surface area is 209 Å². The number of aromatic nitrogens is 3. The van der Waals surface area contributed by atoms with Gasteiger partial charge in [0.25, 0.3) is 0 Å². The summed E-state index contributed by atoms with van der Waals surface area (Å²) in [5, 5.41) is 7.62. The van der Waals surface area contributed by atoms with E-state index in [0.29, 0.717) is 31.3 Å². The molecule has 1 saturated heterocycles. The van der Waals surface area contributed by atoms with Gasteiger partial charge in [-0.15, -0.1) is 24.0 Å². The summed E-state index contributed by atoms with van der Waals surface area (Å²) < 4.78 is 26.6. The number of guanidine groups is 1. The van der Waals surface area contributed by atoms with Crippen LogP contribution in [0.5, 0.6) is 11.6 Å². The van der Waals surface area contributed by atoms with E-state index in [4.69, 9.17) is 14.5 Å². The van der Waals surface area contributed by atoms with Gasteiger partial charge in [0.1, 0.15) is 17.7 Å². The van der Waals surface area contributed by atoms with Crippen LogP contribution in [0.2, 0.25) is 0 Å². The summed E-state index contributed by atoms with van der Waals surface area (Å²) in [5.74, 6) is 1.30. The third-order valence-electron chi connectivity index (χ3n) is 5.03. The van der Waals surface area contributed by atoms with Crippen molar-refractivity contribution in [2.45, 2.75) is 19.6 Å². The van der Waals surface area contributed by atoms with Crippen LogP contribution >= 0.6 is 24.0 Å². The molecule has 0 bridgehead atoms. The first-order valence-electron chi connectivity index (χ1n) is 10.6. The molecule has 4 rings (SSSR count). The number of nitrogens with one attached hydrogen (secondary N) is 1. The Morgan fingerprint density at radius 2 is 2.18 bits per heavy atom. The molecule has 3 aromatic rings. The van der Waals surface area contributed by atoms with Gasteiger partial charge in [0.05, 0.1) is 25.9 Å². The first kappa shape index (κ1) is 24.9. The predicted molar refractivity (Wildman–Crippen MR) is 134 cm³/mol. The number of morpholine rings is 1. The van der Waals surface area contributed by atoms with E-state index in [1.165, 1.54) is 12.1 Å². The molecule has 33 heavy (non-hydrogen) atoms. The van der Waals surface area contributed by atoms with Crippen molar-refractivity contribution in [3.05, 3.63) is 71.9 Å². The fourth-order valence-electron chi connectivity index (χ4n) is 3.46. The van der Waals surface area contributed by atoms with Crippen molar-refractivity contribution in [2.75, 3.05) is 26.2 Å². The minimum Gasteiger partial charge on any atom is -0.439 e. The number of benzene rings is 1. The van der Waals surface area contributed by atoms with Crippen LogP contribution in [0.15, 0.2) is 60.0 Å². The molecule has 0 aliphatic carbocycles. The van der Waals surface area contributed by atoms with E-state index in [-0.39, 0.29) is 35.9 Å². The van der Waals surface area contributed by atoms with Crippen molar-refractivity contribution < 1.29 is 13.9 Å². The van der Waals surface area contributed by atoms with E-state index in [2.05, 4.69) is 27.2 Å². The van der Waals surface area contributed by atoms with Crippen molar-refractivity contribution in [1.29, 1.82) is 0 Å². The normalized spacial score (nSPS) is 16.3. The van der Waals surface area contributed by atoms with E-state index in [1.807, 2.05) is 25.5 Å². The van der Waals surface area contributed by atoms with Gasteiger partial charge in [-0.2, -0.15) is 5.10 Å². The second-order valence-corrected chi connectivity index (χ2v) is 7.49. The van der Waals surface area contributed by atoms with Gasteiger partial charge in [0.15, 0.2) is 5.96 Å². The number of aliphatic imine (C=N–C) groups is 1. The molecule has 1 fully saturated rings. The number of hydrogen-bond donors (Lipinski definition) is 1. The molecular formula is C23H28FIN6O2. The summed E-state index contributed by atoms with van der Waals surface area (Å²) in [4.78, 5) is 11.3. The lowest BCUT2D eigenvalue weighted by atomic mass is 10.1. The van der Waals surface area contributed by atoms with Gasteiger partial charge in [-0.05, 0) is 24.6 Å². The van der Waals surface area contributed by atoms with Crippen molar-refractivity contribution in [1.82, 2.24) is 25.0 Å². The average molecular weight is 566 g/mol. The first-order chi connectivity index (χ1) is 15.6. The van der Waals surface area contributed by atoms with Crippen LogP contribution in [0.3, 0.4) is 0 Å². The van der Waals surface area contributed by atoms with Gasteiger partial charge in [-0.3, -0.25) is 4.68 Å². The molecule has 1 atom stereocenters. The van der Waals surface area contributed by atoms with E-state index in [9.17, 15) is 4.39 Å². The molecule has 1 N–H and O–H groups in total. The zero-order valence-corrected chi connectivity index (χ0v) is 21.0. The lowest BCUT2D eigenvalue weighted by molar-refractivity contribution is -0.00805. The van der Waals surface area contributed by atoms with Gasteiger partial charge in [-0.1, -0.05) is 12.1 Å². The number of halogens is 2. The molecule has 1 aromatic carbocycles. The molecule has 1 unspecified atom stereocenters. The maximum absolute atomic E-state index is 13.3. The van der Waals surface area contributed by atoms with E-state index in [0.717, 1.165) is 30.2 Å². The highest BCUT2D eigenvalue weighted by Crippen LogP contribution is 2.22. The highest BCUT2D eigenvalue weighted by atomic mass is 127. The third kappa shape index (κ3) is 6.87. The highest BCUT2D eigenvalue weighted by molar-refractivity contribution is 14.0. The molecule has 2 aromatic heterocycles. The number of ether oxygens (including phenoxy) is 2. The zero-order valence-electron chi connectivity index (χ0n) is 18.6. The molecule has 10 heteroatoms. The van der Waals surface area contributed by atoms with Crippen molar-refractivity contribution in [2.24, 2.45) is 12.0 Å². The van der Waals surface area contributed by atoms with Crippen molar-refractivity contribution >= 4 is 29.9 Å². The van der Waals surface area contributed by atoms with Crippen LogP contribution < -0.4 is 10.1 Å². The Morgan fingerprint density at radius 1 is 1.30 bits per heavy atom. The van der Waals surface area contributed by atoms with Crippen LogP contribution in [0, 0.1) is 5.82 Å². The number of hydrogen-bond acceptors (Lipinski definition) is 5. The molecule has 0 spiro atoms. The van der Waals surface area contributed by atoms with Gasteiger partial charge in [-0.25, -0.2) is 14.4 Å². The minimum atomic E-state index is -0.349. The van der Waals surface area contributed by atoms with Crippen LogP contribution in [0.1, 0.15) is 24.2 Å². The largest absolute Gasteiger partial charge is 0.439 e. The number of pyridine rings is 1. The number of rotatable bonds is 6. The van der Waals surface area contributed by atoms with Gasteiger partial charge in [0, 0.05) is 50.2 Å². The minimum absolute atomic E-state index is 0. The molecule has 0 saturated carbocycles. The maximum Gasteiger partial charge on any atom is 0.219 e. The highest BCUT2D eigenvalue weighted by Gasteiger charge is 2.25. The van der Waals surface area contributed by atoms with Gasteiger partial charge < -0.3 is 19.7 Å². The molecular weight excluding hydrogens is 538 g/mol. The summed E-state index contributed by atoms with van der Waals surface area (Å²) in [7, 11) is 1.90. The van der Waals surface area contributed by atoms with E-state index < -0.39 is 0 Å². The predicted octanol–water partition coefficient (Wildman–Crippen LogP) is 3.90. The Balaban J connectivity index is 0.00000306. The van der Waals surface area contributed by atoms with Crippen LogP contribution in [-0.2, 0) is 18.3 Å². The summed E-state index contributed by atoms with van der Waals surface area (Å²) in [6.07, 6.45) is 5.51. The molecule has 8 nitrogen and oxygen atoms in total. The Morgan fingerprint density at radius 3 is 2.88 bits per heavy atom. The van der Waals surface area contributed by atoms with Crippen LogP contribution in [-0.4, -0.2) is 51.9 Å². The fourth-order valence-corrected chi connectivity index (χ4v) is 3.46. The smallest absolute Gasteiger partial charge is 0.219 e. The number of nitrogens with zero attached hydrogens (tertiary/aromatic N) is 5. The SMILES string of the molecule is CCNC(=NCc1ccc(Oc2cccc(F)c2)nc1)N1CCOC(c2cnn(C)c2)C1.I. The first-order valence-corrected chi connectivity index (χ1v) is 10.6. The second kappa shape index (κ2) is 11.9. The Bertz CT molecular complexity index is 1060. The van der Waals surface area contributed by atoms with E-state index >= 15 is 0 Å². The zero-order chi connectivity index (χ0) is 22.3. The molecule has 3 heterocycles.